The van der Waals surface area contributed by atoms with Crippen LogP contribution in [0.3, 0.4) is 0 Å². The fraction of sp³-hybridized carbons (Fsp3) is 0.182. The number of nitrogens with one attached hydrogen (secondary N) is 1. The van der Waals surface area contributed by atoms with Crippen LogP contribution in [-0.4, -0.2) is 47.5 Å². The summed E-state index contributed by atoms with van der Waals surface area (Å²) in [6.45, 7) is 1.43. The van der Waals surface area contributed by atoms with Gasteiger partial charge in [-0.05, 0) is 73.0 Å². The third-order valence-electron chi connectivity index (χ3n) is 6.89. The van der Waals surface area contributed by atoms with E-state index in [2.05, 4.69) is 5.32 Å². The lowest BCUT2D eigenvalue weighted by Crippen LogP contribution is -2.34. The van der Waals surface area contributed by atoms with Crippen LogP contribution in [0.5, 0.6) is 11.5 Å². The number of hydrogen-bond donors (Lipinski definition) is 2. The molecule has 0 radical (unpaired) electrons. The molecule has 41 heavy (non-hydrogen) atoms. The maximum absolute atomic E-state index is 13.8. The van der Waals surface area contributed by atoms with Gasteiger partial charge in [-0.2, -0.15) is 5.10 Å². The number of carboxylic acids is 1. The average Bonchev–Trinajstić information content (AvgIpc) is 3.40. The highest BCUT2D eigenvalue weighted by molar-refractivity contribution is 6.06. The lowest BCUT2D eigenvalue weighted by Gasteiger charge is -2.22. The fourth-order valence-electron chi connectivity index (χ4n) is 4.88. The number of carboxylic acid groups (broad SMARTS) is 1. The summed E-state index contributed by atoms with van der Waals surface area (Å²) >= 11 is 0. The smallest absolute Gasteiger partial charge is 0.341 e. The van der Waals surface area contributed by atoms with Gasteiger partial charge in [0.1, 0.15) is 0 Å². The van der Waals surface area contributed by atoms with Crippen molar-refractivity contribution < 1.29 is 24.2 Å². The van der Waals surface area contributed by atoms with Crippen molar-refractivity contribution in [3.8, 4) is 11.5 Å². The minimum atomic E-state index is -1.07. The van der Waals surface area contributed by atoms with Gasteiger partial charge >= 0.3 is 5.97 Å². The molecule has 0 saturated heterocycles. The van der Waals surface area contributed by atoms with Crippen LogP contribution in [0.4, 0.5) is 11.4 Å². The zero-order chi connectivity index (χ0) is 28.8. The summed E-state index contributed by atoms with van der Waals surface area (Å²) in [5, 5.41) is 18.8. The number of ether oxygens (including phenoxy) is 2. The predicted molar refractivity (Wildman–Crippen MR) is 158 cm³/mol. The first-order chi connectivity index (χ1) is 19.9. The second-order valence-corrected chi connectivity index (χ2v) is 9.81. The molecule has 1 unspecified atom stereocenters. The van der Waals surface area contributed by atoms with Gasteiger partial charge in [0.05, 0.1) is 18.9 Å². The van der Waals surface area contributed by atoms with E-state index in [4.69, 9.17) is 19.7 Å². The Labute approximate surface area is 238 Å². The zero-order valence-corrected chi connectivity index (χ0v) is 22.9. The Morgan fingerprint density at radius 2 is 1.59 bits per heavy atom. The summed E-state index contributed by atoms with van der Waals surface area (Å²) in [5.74, 6) is -0.512. The number of carbonyl (C=O) groups is 2. The quantitative estimate of drug-likeness (QED) is 0.249. The Hall–Kier alpha value is -5.11. The van der Waals surface area contributed by atoms with Crippen LogP contribution < -0.4 is 14.8 Å². The van der Waals surface area contributed by atoms with Crippen LogP contribution in [0.25, 0.3) is 0 Å². The van der Waals surface area contributed by atoms with Gasteiger partial charge in [-0.25, -0.2) is 9.80 Å². The van der Waals surface area contributed by atoms with E-state index in [9.17, 15) is 9.59 Å². The molecule has 4 aromatic rings. The molecule has 5 rings (SSSR count). The third-order valence-corrected chi connectivity index (χ3v) is 6.89. The van der Waals surface area contributed by atoms with Crippen molar-refractivity contribution in [3.63, 3.8) is 0 Å². The minimum absolute atomic E-state index is 0.182. The molecule has 0 aromatic heterocycles. The van der Waals surface area contributed by atoms with Crippen LogP contribution >= 0.6 is 0 Å². The van der Waals surface area contributed by atoms with Gasteiger partial charge in [0.2, 0.25) is 0 Å². The third kappa shape index (κ3) is 6.55. The van der Waals surface area contributed by atoms with Crippen molar-refractivity contribution in [2.75, 3.05) is 19.0 Å². The summed E-state index contributed by atoms with van der Waals surface area (Å²) in [6.07, 6.45) is 1.19. The van der Waals surface area contributed by atoms with E-state index in [1.165, 1.54) is 7.11 Å². The van der Waals surface area contributed by atoms with Gasteiger partial charge in [-0.3, -0.25) is 4.79 Å². The molecule has 1 atom stereocenters. The maximum Gasteiger partial charge on any atom is 0.341 e. The molecule has 0 aliphatic carbocycles. The number of hydrazone groups is 1. The molecule has 8 nitrogen and oxygen atoms in total. The monoisotopic (exact) mass is 549 g/mol. The molecule has 1 aliphatic rings. The molecule has 8 heteroatoms. The van der Waals surface area contributed by atoms with Crippen molar-refractivity contribution in [3.05, 3.63) is 119 Å². The number of benzene rings is 4. The Kier molecular flexibility index (Phi) is 8.29. The van der Waals surface area contributed by atoms with Gasteiger partial charge in [-0.15, -0.1) is 0 Å². The Morgan fingerprint density at radius 1 is 0.927 bits per heavy atom. The van der Waals surface area contributed by atoms with E-state index in [1.807, 2.05) is 91.9 Å². The van der Waals surface area contributed by atoms with Crippen LogP contribution in [0.1, 0.15) is 33.5 Å². The highest BCUT2D eigenvalue weighted by atomic mass is 16.5. The number of aliphatic carboxylic acids is 1. The normalized spacial score (nSPS) is 14.3. The van der Waals surface area contributed by atoms with Crippen LogP contribution in [0.15, 0.2) is 102 Å². The molecule has 0 saturated carbocycles. The molecule has 1 heterocycles. The topological polar surface area (TPSA) is 100 Å². The van der Waals surface area contributed by atoms with E-state index in [0.717, 1.165) is 33.8 Å². The maximum atomic E-state index is 13.8. The molecule has 2 N–H and O–H groups in total. The van der Waals surface area contributed by atoms with E-state index >= 15 is 0 Å². The number of hydrogen-bond acceptors (Lipinski definition) is 6. The number of para-hydroxylation sites is 1. The van der Waals surface area contributed by atoms with Crippen LogP contribution in [0.2, 0.25) is 0 Å². The highest BCUT2D eigenvalue weighted by Crippen LogP contribution is 2.34. The number of rotatable bonds is 10. The predicted octanol–water partition coefficient (Wildman–Crippen LogP) is 6.07. The fourth-order valence-corrected chi connectivity index (χ4v) is 4.88. The molecule has 4 aromatic carbocycles. The molecule has 1 aliphatic heterocycles. The largest absolute Gasteiger partial charge is 0.493 e. The number of methoxy groups -OCH3 is 1. The lowest BCUT2D eigenvalue weighted by atomic mass is 9.95. The van der Waals surface area contributed by atoms with Crippen molar-refractivity contribution in [2.24, 2.45) is 5.10 Å². The first kappa shape index (κ1) is 27.5. The summed E-state index contributed by atoms with van der Waals surface area (Å²) in [5.41, 5.74) is 5.91. The summed E-state index contributed by atoms with van der Waals surface area (Å²) < 4.78 is 10.9. The van der Waals surface area contributed by atoms with Gasteiger partial charge in [-0.1, -0.05) is 48.5 Å². The molecule has 0 spiro atoms. The zero-order valence-electron chi connectivity index (χ0n) is 22.9. The second kappa shape index (κ2) is 12.4. The van der Waals surface area contributed by atoms with E-state index in [-0.39, 0.29) is 11.9 Å². The molecule has 1 amide bonds. The van der Waals surface area contributed by atoms with Crippen molar-refractivity contribution in [1.82, 2.24) is 5.01 Å². The second-order valence-electron chi connectivity index (χ2n) is 9.81. The first-order valence-electron chi connectivity index (χ1n) is 13.3. The number of amides is 1. The van der Waals surface area contributed by atoms with Crippen LogP contribution in [0, 0.1) is 6.92 Å². The summed E-state index contributed by atoms with van der Waals surface area (Å²) in [7, 11) is 1.50. The van der Waals surface area contributed by atoms with E-state index in [0.29, 0.717) is 29.9 Å². The molecular weight excluding hydrogens is 518 g/mol. The van der Waals surface area contributed by atoms with Gasteiger partial charge in [0, 0.05) is 28.9 Å². The molecule has 0 fully saturated rings. The van der Waals surface area contributed by atoms with Gasteiger partial charge in [0.25, 0.3) is 5.91 Å². The van der Waals surface area contributed by atoms with Crippen molar-refractivity contribution in [2.45, 2.75) is 25.8 Å². The number of nitrogens with zero attached hydrogens (tertiary/aromatic N) is 2. The van der Waals surface area contributed by atoms with E-state index < -0.39 is 12.6 Å². The number of carbonyl (C=O) groups excluding carboxylic acids is 1. The van der Waals surface area contributed by atoms with Gasteiger partial charge in [0.15, 0.2) is 18.1 Å². The molecule has 0 bridgehead atoms. The van der Waals surface area contributed by atoms with Crippen molar-refractivity contribution >= 4 is 29.0 Å². The van der Waals surface area contributed by atoms with Crippen LogP contribution in [-0.2, 0) is 11.2 Å². The van der Waals surface area contributed by atoms with Gasteiger partial charge < -0.3 is 19.9 Å². The first-order valence-corrected chi connectivity index (χ1v) is 13.3. The minimum Gasteiger partial charge on any atom is -0.493 e. The van der Waals surface area contributed by atoms with E-state index in [1.54, 1.807) is 17.1 Å². The Morgan fingerprint density at radius 3 is 2.24 bits per heavy atom. The average molecular weight is 550 g/mol. The molecule has 208 valence electrons. The summed E-state index contributed by atoms with van der Waals surface area (Å²) in [6, 6.07) is 30.6. The summed E-state index contributed by atoms with van der Waals surface area (Å²) in [4.78, 5) is 24.8. The standard InChI is InChI=1S/C33H31N3O5/c1-22-17-31(41-21-32(37)38)30(40-2)20-28(22)29-19-27(18-23-9-5-3-6-10-23)36(35-29)33(39)24-13-15-26(16-14-24)34-25-11-7-4-8-12-25/h3-17,20,27,34H,18-19,21H2,1-2H3,(H,37,38). The number of anilines is 2. The SMILES string of the molecule is COc1cc(C2=NN(C(=O)c3ccc(Nc4ccccc4)cc3)C(Cc3ccccc3)C2)c(C)cc1OCC(=O)O. The number of aryl methyl sites for hydroxylation is 1. The lowest BCUT2D eigenvalue weighted by molar-refractivity contribution is -0.139. The Bertz CT molecular complexity index is 1550. The Balaban J connectivity index is 1.43. The molecular formula is C33H31N3O5. The van der Waals surface area contributed by atoms with Crippen molar-refractivity contribution in [1.29, 1.82) is 0 Å². The highest BCUT2D eigenvalue weighted by Gasteiger charge is 2.33.